The predicted molar refractivity (Wildman–Crippen MR) is 125 cm³/mol. The number of aryl methyl sites for hydroxylation is 1. The van der Waals surface area contributed by atoms with Gasteiger partial charge in [0.05, 0.1) is 5.69 Å². The van der Waals surface area contributed by atoms with Crippen LogP contribution >= 0.6 is 0 Å². The Morgan fingerprint density at radius 2 is 1.94 bits per heavy atom. The lowest BCUT2D eigenvalue weighted by atomic mass is 10.1. The summed E-state index contributed by atoms with van der Waals surface area (Å²) in [5.74, 6) is 2.04. The summed E-state index contributed by atoms with van der Waals surface area (Å²) < 4.78 is 3.77. The number of pyridine rings is 2. The molecule has 1 saturated carbocycles. The van der Waals surface area contributed by atoms with Crippen LogP contribution in [0.25, 0.3) is 22.6 Å². The van der Waals surface area contributed by atoms with Crippen LogP contribution in [0.3, 0.4) is 0 Å². The molecule has 0 aromatic carbocycles. The lowest BCUT2D eigenvalue weighted by Gasteiger charge is -2.11. The van der Waals surface area contributed by atoms with E-state index in [0.717, 1.165) is 16.8 Å². The smallest absolute Gasteiger partial charge is 0.310 e. The van der Waals surface area contributed by atoms with Crippen LogP contribution in [0.2, 0.25) is 0 Å². The maximum Gasteiger partial charge on any atom is 0.326 e. The van der Waals surface area contributed by atoms with Crippen molar-refractivity contribution in [2.75, 3.05) is 10.6 Å². The number of carbonyl (C=O) groups excluding carboxylic acids is 1. The van der Waals surface area contributed by atoms with E-state index in [-0.39, 0.29) is 6.04 Å². The van der Waals surface area contributed by atoms with Gasteiger partial charge >= 0.3 is 6.03 Å². The Labute approximate surface area is 191 Å². The van der Waals surface area contributed by atoms with Gasteiger partial charge in [-0.1, -0.05) is 6.07 Å². The molecule has 2 amide bonds. The number of nitrogens with zero attached hydrogens (tertiary/aromatic N) is 7. The van der Waals surface area contributed by atoms with Gasteiger partial charge in [0.25, 0.3) is 0 Å². The van der Waals surface area contributed by atoms with Crippen LogP contribution in [0.5, 0.6) is 0 Å². The zero-order chi connectivity index (χ0) is 22.9. The Morgan fingerprint density at radius 1 is 1.12 bits per heavy atom. The Hall–Kier alpha value is -4.08. The van der Waals surface area contributed by atoms with E-state index in [9.17, 15) is 4.79 Å². The number of hydrogen-bond donors (Lipinski definition) is 2. The van der Waals surface area contributed by atoms with Crippen LogP contribution < -0.4 is 10.6 Å². The number of urea groups is 1. The lowest BCUT2D eigenvalue weighted by Crippen LogP contribution is -2.20. The fraction of sp³-hybridized carbons (Fsp3) is 0.304. The molecular formula is C23H25N9O. The molecule has 5 rings (SSSR count). The summed E-state index contributed by atoms with van der Waals surface area (Å²) in [5.41, 5.74) is 3.83. The number of amides is 2. The molecule has 0 atom stereocenters. The molecule has 4 aromatic heterocycles. The Balaban J connectivity index is 1.27. The van der Waals surface area contributed by atoms with Crippen molar-refractivity contribution in [2.45, 2.75) is 38.6 Å². The van der Waals surface area contributed by atoms with Crippen molar-refractivity contribution in [3.63, 3.8) is 0 Å². The van der Waals surface area contributed by atoms with Crippen molar-refractivity contribution in [1.82, 2.24) is 34.5 Å². The van der Waals surface area contributed by atoms with Crippen LogP contribution in [-0.4, -0.2) is 40.5 Å². The highest BCUT2D eigenvalue weighted by atomic mass is 16.2. The van der Waals surface area contributed by atoms with Gasteiger partial charge in [-0.25, -0.2) is 14.8 Å². The number of anilines is 2. The van der Waals surface area contributed by atoms with E-state index in [4.69, 9.17) is 0 Å². The minimum atomic E-state index is -0.426. The zero-order valence-electron chi connectivity index (χ0n) is 18.7. The Bertz CT molecular complexity index is 1290. The summed E-state index contributed by atoms with van der Waals surface area (Å²) in [6.45, 7) is 4.09. The van der Waals surface area contributed by atoms with Gasteiger partial charge in [-0.05, 0) is 51.0 Å². The predicted octanol–water partition coefficient (Wildman–Crippen LogP) is 4.24. The molecular weight excluding hydrogens is 418 g/mol. The molecule has 0 aliphatic heterocycles. The maximum atomic E-state index is 12.5. The van der Waals surface area contributed by atoms with Crippen LogP contribution in [0, 0.1) is 0 Å². The molecule has 0 spiro atoms. The third-order valence-corrected chi connectivity index (χ3v) is 5.49. The summed E-state index contributed by atoms with van der Waals surface area (Å²) in [6.07, 6.45) is 7.81. The minimum Gasteiger partial charge on any atom is -0.310 e. The van der Waals surface area contributed by atoms with Gasteiger partial charge in [-0.15, -0.1) is 10.2 Å². The van der Waals surface area contributed by atoms with Crippen molar-refractivity contribution in [2.24, 2.45) is 7.05 Å². The standard InChI is InChI=1S/C23H25N9O/c1-14(2)32-13-25-29-22(32)18-5-4-6-20(26-18)28-23(33)27-19-10-9-16(11-24-19)17-12-31(3)30-21(17)15-7-8-15/h4-6,9-15H,7-8H2,1-3H3,(H2,24,26,27,28,33). The molecule has 168 valence electrons. The molecule has 10 nitrogen and oxygen atoms in total. The summed E-state index contributed by atoms with van der Waals surface area (Å²) in [7, 11) is 1.93. The van der Waals surface area contributed by atoms with Crippen molar-refractivity contribution >= 4 is 17.7 Å². The van der Waals surface area contributed by atoms with Crippen molar-refractivity contribution < 1.29 is 4.79 Å². The van der Waals surface area contributed by atoms with E-state index in [2.05, 4.69) is 35.9 Å². The summed E-state index contributed by atoms with van der Waals surface area (Å²) in [5, 5.41) is 18.2. The molecule has 0 saturated heterocycles. The molecule has 1 aliphatic rings. The molecule has 4 aromatic rings. The molecule has 2 N–H and O–H groups in total. The Morgan fingerprint density at radius 3 is 2.67 bits per heavy atom. The first-order valence-electron chi connectivity index (χ1n) is 10.9. The average Bonchev–Trinajstić information content (AvgIpc) is 3.37. The van der Waals surface area contributed by atoms with Gasteiger partial charge in [0.2, 0.25) is 0 Å². The van der Waals surface area contributed by atoms with Gasteiger partial charge < -0.3 is 4.57 Å². The number of hydrogen-bond acceptors (Lipinski definition) is 6. The first-order valence-corrected chi connectivity index (χ1v) is 10.9. The SMILES string of the molecule is CC(C)n1cnnc1-c1cccc(NC(=O)Nc2ccc(-c3cn(C)nc3C3CC3)cn2)n1. The van der Waals surface area contributed by atoms with Crippen molar-refractivity contribution in [3.8, 4) is 22.6 Å². The summed E-state index contributed by atoms with van der Waals surface area (Å²) >= 11 is 0. The van der Waals surface area contributed by atoms with Crippen LogP contribution in [0.15, 0.2) is 49.1 Å². The van der Waals surface area contributed by atoms with Gasteiger partial charge in [0.1, 0.15) is 23.7 Å². The normalized spacial score (nSPS) is 13.3. The highest BCUT2D eigenvalue weighted by molar-refractivity contribution is 5.98. The fourth-order valence-corrected chi connectivity index (χ4v) is 3.71. The van der Waals surface area contributed by atoms with E-state index in [1.807, 2.05) is 54.5 Å². The van der Waals surface area contributed by atoms with Crippen molar-refractivity contribution in [1.29, 1.82) is 0 Å². The number of aromatic nitrogens is 7. The average molecular weight is 444 g/mol. The van der Waals surface area contributed by atoms with Crippen LogP contribution in [-0.2, 0) is 7.05 Å². The van der Waals surface area contributed by atoms with Crippen LogP contribution in [0.1, 0.15) is 44.3 Å². The molecule has 0 radical (unpaired) electrons. The highest BCUT2D eigenvalue weighted by Crippen LogP contribution is 2.43. The van der Waals surface area contributed by atoms with E-state index in [0.29, 0.717) is 29.1 Å². The summed E-state index contributed by atoms with van der Waals surface area (Å²) in [4.78, 5) is 21.4. The van der Waals surface area contributed by atoms with Crippen LogP contribution in [0.4, 0.5) is 16.4 Å². The topological polar surface area (TPSA) is 115 Å². The molecule has 4 heterocycles. The van der Waals surface area contributed by atoms with E-state index in [1.165, 1.54) is 12.8 Å². The van der Waals surface area contributed by atoms with Crippen molar-refractivity contribution in [3.05, 3.63) is 54.7 Å². The van der Waals surface area contributed by atoms with Gasteiger partial charge in [0.15, 0.2) is 5.82 Å². The fourth-order valence-electron chi connectivity index (χ4n) is 3.71. The third kappa shape index (κ3) is 4.45. The second kappa shape index (κ2) is 8.45. The molecule has 10 heteroatoms. The first-order chi connectivity index (χ1) is 16.0. The second-order valence-electron chi connectivity index (χ2n) is 8.45. The van der Waals surface area contributed by atoms with E-state index in [1.54, 1.807) is 24.7 Å². The second-order valence-corrected chi connectivity index (χ2v) is 8.45. The Kier molecular flexibility index (Phi) is 5.33. The minimum absolute atomic E-state index is 0.192. The summed E-state index contributed by atoms with van der Waals surface area (Å²) in [6, 6.07) is 8.87. The largest absolute Gasteiger partial charge is 0.326 e. The number of rotatable bonds is 6. The number of carbonyl (C=O) groups is 1. The molecule has 33 heavy (non-hydrogen) atoms. The van der Waals surface area contributed by atoms with Gasteiger partial charge in [0, 0.05) is 42.5 Å². The quantitative estimate of drug-likeness (QED) is 0.461. The molecule has 0 bridgehead atoms. The van der Waals surface area contributed by atoms with Gasteiger partial charge in [-0.2, -0.15) is 5.10 Å². The zero-order valence-corrected chi connectivity index (χ0v) is 18.7. The maximum absolute atomic E-state index is 12.5. The molecule has 0 unspecified atom stereocenters. The van der Waals surface area contributed by atoms with Gasteiger partial charge in [-0.3, -0.25) is 15.3 Å². The van der Waals surface area contributed by atoms with E-state index >= 15 is 0 Å². The van der Waals surface area contributed by atoms with E-state index < -0.39 is 6.03 Å². The number of nitrogens with one attached hydrogen (secondary N) is 2. The highest BCUT2D eigenvalue weighted by Gasteiger charge is 2.29. The monoisotopic (exact) mass is 443 g/mol. The third-order valence-electron chi connectivity index (χ3n) is 5.49. The molecule has 1 fully saturated rings. The first kappa shape index (κ1) is 20.8. The lowest BCUT2D eigenvalue weighted by molar-refractivity contribution is 0.262. The molecule has 1 aliphatic carbocycles.